The van der Waals surface area contributed by atoms with Gasteiger partial charge in [0.15, 0.2) is 0 Å². The van der Waals surface area contributed by atoms with Crippen LogP contribution in [0.25, 0.3) is 11.1 Å². The van der Waals surface area contributed by atoms with E-state index in [1.165, 1.54) is 12.1 Å². The van der Waals surface area contributed by atoms with E-state index in [1.54, 1.807) is 62.1 Å². The van der Waals surface area contributed by atoms with Crippen molar-refractivity contribution in [2.45, 2.75) is 52.1 Å². The molecular formula is C35H33BrF5N3O3. The number of hydrogen-bond acceptors (Lipinski definition) is 4. The number of hydrogen-bond donors (Lipinski definition) is 2. The van der Waals surface area contributed by atoms with Crippen molar-refractivity contribution in [2.24, 2.45) is 0 Å². The van der Waals surface area contributed by atoms with Gasteiger partial charge in [-0.1, -0.05) is 34.1 Å². The van der Waals surface area contributed by atoms with Crippen LogP contribution in [0.3, 0.4) is 0 Å². The number of phenols is 1. The van der Waals surface area contributed by atoms with Gasteiger partial charge in [-0.05, 0) is 90.9 Å². The molecule has 3 aromatic carbocycles. The van der Waals surface area contributed by atoms with Crippen LogP contribution in [-0.4, -0.2) is 46.3 Å². The number of pyridine rings is 1. The molecule has 1 aliphatic heterocycles. The Morgan fingerprint density at radius 2 is 1.74 bits per heavy atom. The first-order chi connectivity index (χ1) is 22.1. The van der Waals surface area contributed by atoms with Crippen LogP contribution in [-0.2, 0) is 23.9 Å². The number of alkyl halides is 4. The number of halogens is 6. The summed E-state index contributed by atoms with van der Waals surface area (Å²) in [5.41, 5.74) is 0.758. The molecular weight excluding hydrogens is 685 g/mol. The summed E-state index contributed by atoms with van der Waals surface area (Å²) in [5, 5.41) is 13.2. The molecule has 1 fully saturated rings. The van der Waals surface area contributed by atoms with E-state index >= 15 is 4.39 Å². The second-order valence-corrected chi connectivity index (χ2v) is 12.8. The summed E-state index contributed by atoms with van der Waals surface area (Å²) in [5.74, 6) is -1.32. The number of phenolic OH excluding ortho intramolecular Hbond substituents is 1. The SMILES string of the molecule is Cc1ccc(Br)cc1C(C(=O)NCc1cc(-c2c(C)cccc2O)cc(C)c1F)n1cc(CCN2CC(F)C2)c(C(F)(F)F)cc1=O. The molecule has 2 N–H and O–H groups in total. The van der Waals surface area contributed by atoms with Gasteiger partial charge >= 0.3 is 6.18 Å². The highest BCUT2D eigenvalue weighted by molar-refractivity contribution is 9.10. The summed E-state index contributed by atoms with van der Waals surface area (Å²) >= 11 is 3.38. The van der Waals surface area contributed by atoms with Crippen molar-refractivity contribution in [1.82, 2.24) is 14.8 Å². The normalized spacial score (nSPS) is 14.6. The lowest BCUT2D eigenvalue weighted by molar-refractivity contribution is -0.138. The molecule has 2 heterocycles. The highest BCUT2D eigenvalue weighted by Gasteiger charge is 2.36. The van der Waals surface area contributed by atoms with E-state index < -0.39 is 41.2 Å². The molecule has 6 nitrogen and oxygen atoms in total. The van der Waals surface area contributed by atoms with E-state index in [-0.39, 0.29) is 55.0 Å². The number of aromatic hydroxyl groups is 1. The largest absolute Gasteiger partial charge is 0.507 e. The maximum Gasteiger partial charge on any atom is 0.416 e. The highest BCUT2D eigenvalue weighted by atomic mass is 79.9. The molecule has 248 valence electrons. The number of rotatable bonds is 9. The van der Waals surface area contributed by atoms with Crippen molar-refractivity contribution < 1.29 is 31.9 Å². The third kappa shape index (κ3) is 7.43. The minimum atomic E-state index is -4.83. The quantitative estimate of drug-likeness (QED) is 0.180. The Labute approximate surface area is 277 Å². The van der Waals surface area contributed by atoms with Gasteiger partial charge in [0.25, 0.3) is 5.56 Å². The lowest BCUT2D eigenvalue weighted by atomic mass is 9.95. The zero-order valence-corrected chi connectivity index (χ0v) is 27.5. The standard InChI is InChI=1S/C35H33BrF5N3O3/c1-19-7-8-25(36)13-27(19)33(44-16-22(9-10-43-17-26(37)18-43)28(14-30(44)46)35(39,40)41)34(47)42-15-24-12-23(11-21(3)32(24)38)31-20(2)5-4-6-29(31)45/h4-8,11-14,16,26,33,45H,9-10,15,17-18H2,1-3H3,(H,42,47). The van der Waals surface area contributed by atoms with E-state index in [1.807, 2.05) is 0 Å². The molecule has 1 aromatic heterocycles. The molecule has 4 aromatic rings. The summed E-state index contributed by atoms with van der Waals surface area (Å²) in [7, 11) is 0. The molecule has 1 unspecified atom stereocenters. The number of amides is 1. The number of nitrogens with one attached hydrogen (secondary N) is 1. The van der Waals surface area contributed by atoms with Crippen LogP contribution in [0.2, 0.25) is 0 Å². The summed E-state index contributed by atoms with van der Waals surface area (Å²) in [4.78, 5) is 29.1. The van der Waals surface area contributed by atoms with Gasteiger partial charge in [-0.2, -0.15) is 13.2 Å². The molecule has 0 aliphatic carbocycles. The minimum Gasteiger partial charge on any atom is -0.507 e. The predicted octanol–water partition coefficient (Wildman–Crippen LogP) is 7.17. The van der Waals surface area contributed by atoms with E-state index in [0.717, 1.165) is 16.3 Å². The monoisotopic (exact) mass is 717 g/mol. The second kappa shape index (κ2) is 13.6. The molecule has 1 saturated heterocycles. The highest BCUT2D eigenvalue weighted by Crippen LogP contribution is 2.35. The third-order valence-corrected chi connectivity index (χ3v) is 8.96. The fourth-order valence-corrected chi connectivity index (χ4v) is 6.35. The van der Waals surface area contributed by atoms with Gasteiger partial charge in [-0.25, -0.2) is 8.78 Å². The summed E-state index contributed by atoms with van der Waals surface area (Å²) in [6.07, 6.45) is -4.94. The number of aromatic nitrogens is 1. The lowest BCUT2D eigenvalue weighted by Gasteiger charge is -2.34. The fourth-order valence-electron chi connectivity index (χ4n) is 5.97. The van der Waals surface area contributed by atoms with Crippen molar-refractivity contribution >= 4 is 21.8 Å². The van der Waals surface area contributed by atoms with Gasteiger partial charge in [0.1, 0.15) is 23.8 Å². The lowest BCUT2D eigenvalue weighted by Crippen LogP contribution is -2.49. The summed E-state index contributed by atoms with van der Waals surface area (Å²) < 4.78 is 72.5. The van der Waals surface area contributed by atoms with Crippen LogP contribution in [0.5, 0.6) is 5.75 Å². The molecule has 47 heavy (non-hydrogen) atoms. The van der Waals surface area contributed by atoms with Crippen molar-refractivity contribution in [2.75, 3.05) is 19.6 Å². The Hall–Kier alpha value is -4.03. The summed E-state index contributed by atoms with van der Waals surface area (Å²) in [6, 6.07) is 12.2. The van der Waals surface area contributed by atoms with Crippen molar-refractivity contribution in [3.63, 3.8) is 0 Å². The number of likely N-dealkylation sites (tertiary alicyclic amines) is 1. The van der Waals surface area contributed by atoms with Gasteiger partial charge in [0, 0.05) is 54.0 Å². The first-order valence-corrected chi connectivity index (χ1v) is 15.7. The predicted molar refractivity (Wildman–Crippen MR) is 173 cm³/mol. The Morgan fingerprint density at radius 1 is 1.02 bits per heavy atom. The van der Waals surface area contributed by atoms with E-state index in [4.69, 9.17) is 0 Å². The van der Waals surface area contributed by atoms with E-state index in [0.29, 0.717) is 32.8 Å². The Kier molecular flexibility index (Phi) is 9.93. The fraction of sp³-hybridized carbons (Fsp3) is 0.314. The van der Waals surface area contributed by atoms with Gasteiger partial charge < -0.3 is 10.4 Å². The first kappa shape index (κ1) is 34.3. The molecule has 1 atom stereocenters. The molecule has 5 rings (SSSR count). The molecule has 0 spiro atoms. The summed E-state index contributed by atoms with van der Waals surface area (Å²) in [6.45, 7) is 5.13. The van der Waals surface area contributed by atoms with Gasteiger partial charge in [-0.15, -0.1) is 0 Å². The molecule has 1 aliphatic rings. The maximum absolute atomic E-state index is 15.4. The average molecular weight is 719 g/mol. The number of carbonyl (C=O) groups excluding carboxylic acids is 1. The topological polar surface area (TPSA) is 74.6 Å². The zero-order valence-electron chi connectivity index (χ0n) is 25.9. The Bertz CT molecular complexity index is 1870. The smallest absolute Gasteiger partial charge is 0.416 e. The first-order valence-electron chi connectivity index (χ1n) is 14.9. The van der Waals surface area contributed by atoms with E-state index in [2.05, 4.69) is 21.2 Å². The molecule has 0 radical (unpaired) electrons. The van der Waals surface area contributed by atoms with Crippen molar-refractivity contribution in [1.29, 1.82) is 0 Å². The van der Waals surface area contributed by atoms with Crippen molar-refractivity contribution in [3.05, 3.63) is 120 Å². The molecule has 0 saturated carbocycles. The van der Waals surface area contributed by atoms with Gasteiger partial charge in [0.05, 0.1) is 5.56 Å². The molecule has 1 amide bonds. The van der Waals surface area contributed by atoms with Crippen LogP contribution in [0.4, 0.5) is 22.0 Å². The minimum absolute atomic E-state index is 0.00675. The third-order valence-electron chi connectivity index (χ3n) is 8.46. The average Bonchev–Trinajstić information content (AvgIpc) is 2.98. The Morgan fingerprint density at radius 3 is 2.40 bits per heavy atom. The molecule has 0 bridgehead atoms. The number of carbonyl (C=O) groups is 1. The van der Waals surface area contributed by atoms with Crippen LogP contribution < -0.4 is 10.9 Å². The van der Waals surface area contributed by atoms with Crippen LogP contribution in [0.1, 0.15) is 45.0 Å². The van der Waals surface area contributed by atoms with E-state index in [9.17, 15) is 32.3 Å². The zero-order chi connectivity index (χ0) is 34.2. The van der Waals surface area contributed by atoms with Crippen LogP contribution in [0.15, 0.2) is 70.1 Å². The maximum atomic E-state index is 15.4. The van der Waals surface area contributed by atoms with Gasteiger partial charge in [0.2, 0.25) is 5.91 Å². The van der Waals surface area contributed by atoms with Crippen molar-refractivity contribution in [3.8, 4) is 16.9 Å². The number of benzene rings is 3. The second-order valence-electron chi connectivity index (χ2n) is 11.9. The Balaban J connectivity index is 1.54. The number of nitrogens with zero attached hydrogens (tertiary/aromatic N) is 2. The van der Waals surface area contributed by atoms with Crippen LogP contribution >= 0.6 is 15.9 Å². The molecule has 12 heteroatoms. The van der Waals surface area contributed by atoms with Crippen LogP contribution in [0, 0.1) is 26.6 Å². The van der Waals surface area contributed by atoms with Gasteiger partial charge in [-0.3, -0.25) is 19.1 Å². The number of aryl methyl sites for hydroxylation is 3.